The van der Waals surface area contributed by atoms with Gasteiger partial charge in [-0.2, -0.15) is 0 Å². The van der Waals surface area contributed by atoms with Crippen molar-refractivity contribution in [2.75, 3.05) is 19.5 Å². The average molecular weight is 287 g/mol. The standard InChI is InChI=1S/C16H17NO4/c1-20-12-8-9-14(21-2)13(10-12)15(16(18)19)17-11-6-4-3-5-7-11/h3-10,15,17H,1-2H3,(H,18,19). The number of methoxy groups -OCH3 is 2. The molecule has 0 amide bonds. The molecule has 0 heterocycles. The zero-order valence-electron chi connectivity index (χ0n) is 11.9. The summed E-state index contributed by atoms with van der Waals surface area (Å²) in [6, 6.07) is 13.3. The van der Waals surface area contributed by atoms with E-state index in [1.54, 1.807) is 18.2 Å². The minimum absolute atomic E-state index is 0.492. The van der Waals surface area contributed by atoms with Crippen LogP contribution in [0.4, 0.5) is 5.69 Å². The van der Waals surface area contributed by atoms with E-state index in [-0.39, 0.29) is 0 Å². The van der Waals surface area contributed by atoms with Crippen LogP contribution in [0.15, 0.2) is 48.5 Å². The number of carbonyl (C=O) groups is 1. The number of hydrogen-bond acceptors (Lipinski definition) is 4. The van der Waals surface area contributed by atoms with E-state index in [4.69, 9.17) is 9.47 Å². The molecule has 110 valence electrons. The van der Waals surface area contributed by atoms with Crippen LogP contribution in [0.3, 0.4) is 0 Å². The Labute approximate surface area is 123 Å². The maximum atomic E-state index is 11.6. The number of carboxylic acids is 1. The summed E-state index contributed by atoms with van der Waals surface area (Å²) >= 11 is 0. The Morgan fingerprint density at radius 1 is 1.10 bits per heavy atom. The lowest BCUT2D eigenvalue weighted by Gasteiger charge is -2.19. The fourth-order valence-electron chi connectivity index (χ4n) is 2.04. The Morgan fingerprint density at radius 2 is 1.81 bits per heavy atom. The lowest BCUT2D eigenvalue weighted by Crippen LogP contribution is -2.21. The SMILES string of the molecule is COc1ccc(OC)c(C(Nc2ccccc2)C(=O)O)c1. The molecule has 0 spiro atoms. The van der Waals surface area contributed by atoms with Gasteiger partial charge in [0.05, 0.1) is 14.2 Å². The molecule has 0 radical (unpaired) electrons. The van der Waals surface area contributed by atoms with Crippen molar-refractivity contribution in [2.45, 2.75) is 6.04 Å². The Morgan fingerprint density at radius 3 is 2.38 bits per heavy atom. The molecule has 5 nitrogen and oxygen atoms in total. The molecular weight excluding hydrogens is 270 g/mol. The smallest absolute Gasteiger partial charge is 0.330 e. The number of rotatable bonds is 6. The van der Waals surface area contributed by atoms with Gasteiger partial charge in [0, 0.05) is 11.3 Å². The first-order valence-corrected chi connectivity index (χ1v) is 6.42. The quantitative estimate of drug-likeness (QED) is 0.855. The minimum Gasteiger partial charge on any atom is -0.497 e. The van der Waals surface area contributed by atoms with Crippen LogP contribution in [0.1, 0.15) is 11.6 Å². The monoisotopic (exact) mass is 287 g/mol. The van der Waals surface area contributed by atoms with Gasteiger partial charge in [-0.15, -0.1) is 0 Å². The number of carboxylic acid groups (broad SMARTS) is 1. The molecule has 1 unspecified atom stereocenters. The van der Waals surface area contributed by atoms with E-state index in [9.17, 15) is 9.90 Å². The number of para-hydroxylation sites is 1. The van der Waals surface area contributed by atoms with E-state index in [1.165, 1.54) is 14.2 Å². The highest BCUT2D eigenvalue weighted by Gasteiger charge is 2.24. The normalized spacial score (nSPS) is 11.5. The maximum Gasteiger partial charge on any atom is 0.330 e. The van der Waals surface area contributed by atoms with Crippen molar-refractivity contribution in [3.05, 3.63) is 54.1 Å². The van der Waals surface area contributed by atoms with Crippen molar-refractivity contribution in [1.82, 2.24) is 0 Å². The molecule has 0 fully saturated rings. The van der Waals surface area contributed by atoms with E-state index in [0.717, 1.165) is 5.69 Å². The zero-order valence-corrected chi connectivity index (χ0v) is 11.9. The molecule has 1 atom stereocenters. The molecule has 2 N–H and O–H groups in total. The lowest BCUT2D eigenvalue weighted by molar-refractivity contribution is -0.138. The van der Waals surface area contributed by atoms with Crippen molar-refractivity contribution in [1.29, 1.82) is 0 Å². The summed E-state index contributed by atoms with van der Waals surface area (Å²) in [4.78, 5) is 11.6. The molecule has 0 saturated heterocycles. The van der Waals surface area contributed by atoms with E-state index >= 15 is 0 Å². The minimum atomic E-state index is -0.995. The molecule has 2 rings (SSSR count). The maximum absolute atomic E-state index is 11.6. The molecule has 2 aromatic carbocycles. The number of hydrogen-bond donors (Lipinski definition) is 2. The van der Waals surface area contributed by atoms with E-state index in [2.05, 4.69) is 5.32 Å². The molecule has 0 aliphatic carbocycles. The fourth-order valence-corrected chi connectivity index (χ4v) is 2.04. The summed E-state index contributed by atoms with van der Waals surface area (Å²) in [5.41, 5.74) is 1.22. The van der Waals surface area contributed by atoms with Gasteiger partial charge in [0.25, 0.3) is 0 Å². The number of anilines is 1. The van der Waals surface area contributed by atoms with Gasteiger partial charge in [0.1, 0.15) is 11.5 Å². The first-order chi connectivity index (χ1) is 10.2. The van der Waals surface area contributed by atoms with Crippen LogP contribution in [0.5, 0.6) is 11.5 Å². The van der Waals surface area contributed by atoms with Crippen molar-refractivity contribution >= 4 is 11.7 Å². The summed E-state index contributed by atoms with van der Waals surface area (Å²) in [5.74, 6) is 0.0731. The molecule has 0 saturated carbocycles. The Hall–Kier alpha value is -2.69. The molecular formula is C16H17NO4. The molecule has 0 aliphatic heterocycles. The van der Waals surface area contributed by atoms with Crippen LogP contribution in [-0.4, -0.2) is 25.3 Å². The highest BCUT2D eigenvalue weighted by Crippen LogP contribution is 2.31. The third-order valence-electron chi connectivity index (χ3n) is 3.08. The van der Waals surface area contributed by atoms with Crippen molar-refractivity contribution < 1.29 is 19.4 Å². The summed E-state index contributed by atoms with van der Waals surface area (Å²) in [5, 5.41) is 12.5. The van der Waals surface area contributed by atoms with Crippen molar-refractivity contribution in [3.8, 4) is 11.5 Å². The van der Waals surface area contributed by atoms with Gasteiger partial charge in [0.15, 0.2) is 6.04 Å². The Bertz CT molecular complexity index is 613. The second-order valence-electron chi connectivity index (χ2n) is 4.39. The molecule has 21 heavy (non-hydrogen) atoms. The molecule has 2 aromatic rings. The van der Waals surface area contributed by atoms with Crippen molar-refractivity contribution in [2.24, 2.45) is 0 Å². The molecule has 5 heteroatoms. The third kappa shape index (κ3) is 3.45. The zero-order chi connectivity index (χ0) is 15.2. The number of benzene rings is 2. The summed E-state index contributed by atoms with van der Waals surface area (Å²) in [6.07, 6.45) is 0. The summed E-state index contributed by atoms with van der Waals surface area (Å²) in [7, 11) is 3.04. The number of aliphatic carboxylic acids is 1. The fraction of sp³-hybridized carbons (Fsp3) is 0.188. The molecule has 0 aliphatic rings. The largest absolute Gasteiger partial charge is 0.497 e. The number of nitrogens with one attached hydrogen (secondary N) is 1. The van der Waals surface area contributed by atoms with Gasteiger partial charge in [0.2, 0.25) is 0 Å². The van der Waals surface area contributed by atoms with Crippen molar-refractivity contribution in [3.63, 3.8) is 0 Å². The van der Waals surface area contributed by atoms with Crippen LogP contribution < -0.4 is 14.8 Å². The van der Waals surface area contributed by atoms with Gasteiger partial charge in [-0.25, -0.2) is 4.79 Å². The van der Waals surface area contributed by atoms with Gasteiger partial charge in [-0.1, -0.05) is 18.2 Å². The van der Waals surface area contributed by atoms with Gasteiger partial charge >= 0.3 is 5.97 Å². The predicted octanol–water partition coefficient (Wildman–Crippen LogP) is 2.94. The first-order valence-electron chi connectivity index (χ1n) is 6.42. The Balaban J connectivity index is 2.40. The van der Waals surface area contributed by atoms with E-state index in [1.807, 2.05) is 30.3 Å². The van der Waals surface area contributed by atoms with E-state index < -0.39 is 12.0 Å². The highest BCUT2D eigenvalue weighted by molar-refractivity contribution is 5.80. The van der Waals surface area contributed by atoms with Crippen LogP contribution in [0, 0.1) is 0 Å². The van der Waals surface area contributed by atoms with Crippen LogP contribution in [-0.2, 0) is 4.79 Å². The van der Waals surface area contributed by atoms with Gasteiger partial charge < -0.3 is 19.9 Å². The highest BCUT2D eigenvalue weighted by atomic mass is 16.5. The average Bonchev–Trinajstić information content (AvgIpc) is 2.52. The molecule has 0 bridgehead atoms. The Kier molecular flexibility index (Phi) is 4.66. The predicted molar refractivity (Wildman–Crippen MR) is 80.0 cm³/mol. The number of ether oxygens (including phenoxy) is 2. The topological polar surface area (TPSA) is 67.8 Å². The first kappa shape index (κ1) is 14.7. The lowest BCUT2D eigenvalue weighted by atomic mass is 10.0. The van der Waals surface area contributed by atoms with E-state index in [0.29, 0.717) is 17.1 Å². The molecule has 0 aromatic heterocycles. The second kappa shape index (κ2) is 6.65. The van der Waals surface area contributed by atoms with Gasteiger partial charge in [-0.05, 0) is 30.3 Å². The third-order valence-corrected chi connectivity index (χ3v) is 3.08. The summed E-state index contributed by atoms with van der Waals surface area (Å²) < 4.78 is 10.4. The van der Waals surface area contributed by atoms with Crippen LogP contribution in [0.2, 0.25) is 0 Å². The summed E-state index contributed by atoms with van der Waals surface area (Å²) in [6.45, 7) is 0. The van der Waals surface area contributed by atoms with Crippen LogP contribution >= 0.6 is 0 Å². The van der Waals surface area contributed by atoms with Crippen LogP contribution in [0.25, 0.3) is 0 Å². The van der Waals surface area contributed by atoms with Gasteiger partial charge in [-0.3, -0.25) is 0 Å². The second-order valence-corrected chi connectivity index (χ2v) is 4.39.